The molecule has 0 atom stereocenters. The molecule has 0 unspecified atom stereocenters. The average molecular weight is 169 g/mol. The first-order valence-electron chi connectivity index (χ1n) is 3.16. The summed E-state index contributed by atoms with van der Waals surface area (Å²) in [6, 6.07) is 0. The van der Waals surface area contributed by atoms with Gasteiger partial charge < -0.3 is 4.74 Å². The lowest BCUT2D eigenvalue weighted by Gasteiger charge is -2.33. The molecule has 11 heavy (non-hydrogen) atoms. The van der Waals surface area contributed by atoms with Crippen LogP contribution in [0.25, 0.3) is 0 Å². The fourth-order valence-corrected chi connectivity index (χ4v) is 0.939. The minimum atomic E-state index is -4.52. The van der Waals surface area contributed by atoms with Crippen LogP contribution in [0.3, 0.4) is 0 Å². The Bertz CT molecular complexity index is 128. The minimum Gasteiger partial charge on any atom is -0.376 e. The largest absolute Gasteiger partial charge is 0.522 e. The Kier molecular flexibility index (Phi) is 2.39. The first-order valence-corrected chi connectivity index (χ1v) is 3.16. The van der Waals surface area contributed by atoms with E-state index in [1.807, 2.05) is 0 Å². The maximum absolute atomic E-state index is 11.5. The van der Waals surface area contributed by atoms with Gasteiger partial charge in [0.15, 0.2) is 0 Å². The van der Waals surface area contributed by atoms with Crippen molar-refractivity contribution in [2.45, 2.75) is 31.4 Å². The first-order chi connectivity index (χ1) is 5.01. The van der Waals surface area contributed by atoms with Gasteiger partial charge in [-0.1, -0.05) is 0 Å². The first kappa shape index (κ1) is 8.80. The molecule has 1 fully saturated rings. The molecular formula is C6H8F3O2. The van der Waals surface area contributed by atoms with Gasteiger partial charge in [0.2, 0.25) is 0 Å². The van der Waals surface area contributed by atoms with Gasteiger partial charge in [-0.3, -0.25) is 4.74 Å². The summed E-state index contributed by atoms with van der Waals surface area (Å²) in [7, 11) is 3.10. The molecule has 1 rings (SSSR count). The topological polar surface area (TPSA) is 18.5 Å². The highest BCUT2D eigenvalue weighted by molar-refractivity contribution is 4.81. The molecule has 5 heteroatoms. The predicted octanol–water partition coefficient (Wildman–Crippen LogP) is 1.86. The Morgan fingerprint density at radius 3 is 2.09 bits per heavy atom. The smallest absolute Gasteiger partial charge is 0.376 e. The summed E-state index contributed by atoms with van der Waals surface area (Å²) < 4.78 is 42.7. The van der Waals surface area contributed by atoms with Gasteiger partial charge >= 0.3 is 6.36 Å². The van der Waals surface area contributed by atoms with Gasteiger partial charge in [-0.05, 0) is 0 Å². The van der Waals surface area contributed by atoms with Crippen molar-refractivity contribution in [1.29, 1.82) is 0 Å². The SMILES string of the molecule is [CH2]OC1CC(OC(F)(F)F)C1. The van der Waals surface area contributed by atoms with Crippen LogP contribution in [0.1, 0.15) is 12.8 Å². The van der Waals surface area contributed by atoms with Crippen molar-refractivity contribution in [3.63, 3.8) is 0 Å². The number of hydrogen-bond acceptors (Lipinski definition) is 2. The van der Waals surface area contributed by atoms with Gasteiger partial charge in [0.1, 0.15) is 0 Å². The molecule has 0 heterocycles. The maximum atomic E-state index is 11.5. The summed E-state index contributed by atoms with van der Waals surface area (Å²) in [5.41, 5.74) is 0. The van der Waals surface area contributed by atoms with Crippen molar-refractivity contribution in [3.8, 4) is 0 Å². The van der Waals surface area contributed by atoms with Gasteiger partial charge in [-0.15, -0.1) is 13.2 Å². The Morgan fingerprint density at radius 2 is 1.73 bits per heavy atom. The third kappa shape index (κ3) is 2.67. The maximum Gasteiger partial charge on any atom is 0.522 e. The van der Waals surface area contributed by atoms with Crippen molar-refractivity contribution < 1.29 is 22.6 Å². The molecule has 1 aliphatic rings. The van der Waals surface area contributed by atoms with Crippen molar-refractivity contribution in [1.82, 2.24) is 0 Å². The van der Waals surface area contributed by atoms with Crippen molar-refractivity contribution in [2.75, 3.05) is 0 Å². The van der Waals surface area contributed by atoms with E-state index in [1.54, 1.807) is 0 Å². The average Bonchev–Trinajstić information content (AvgIpc) is 1.75. The lowest BCUT2D eigenvalue weighted by Crippen LogP contribution is -2.39. The molecule has 0 N–H and O–H groups in total. The van der Waals surface area contributed by atoms with E-state index in [9.17, 15) is 13.2 Å². The van der Waals surface area contributed by atoms with Crippen LogP contribution in [-0.2, 0) is 9.47 Å². The van der Waals surface area contributed by atoms with Gasteiger partial charge in [0.05, 0.1) is 19.3 Å². The molecule has 2 nitrogen and oxygen atoms in total. The number of ether oxygens (including phenoxy) is 2. The van der Waals surface area contributed by atoms with E-state index < -0.39 is 12.5 Å². The Balaban J connectivity index is 2.14. The number of halogens is 3. The van der Waals surface area contributed by atoms with Crippen molar-refractivity contribution in [3.05, 3.63) is 7.11 Å². The van der Waals surface area contributed by atoms with Crippen LogP contribution >= 0.6 is 0 Å². The summed E-state index contributed by atoms with van der Waals surface area (Å²) in [4.78, 5) is 0. The molecule has 0 aromatic heterocycles. The van der Waals surface area contributed by atoms with Gasteiger partial charge in [-0.25, -0.2) is 0 Å². The summed E-state index contributed by atoms with van der Waals surface area (Å²) in [5, 5.41) is 0. The quantitative estimate of drug-likeness (QED) is 0.628. The molecule has 0 amide bonds. The Labute approximate surface area is 62.3 Å². The van der Waals surface area contributed by atoms with E-state index in [0.29, 0.717) is 0 Å². The van der Waals surface area contributed by atoms with Crippen LogP contribution in [0.15, 0.2) is 0 Å². The van der Waals surface area contributed by atoms with E-state index in [-0.39, 0.29) is 18.9 Å². The fraction of sp³-hybridized carbons (Fsp3) is 0.833. The molecule has 0 spiro atoms. The molecule has 0 bridgehead atoms. The Morgan fingerprint density at radius 1 is 1.18 bits per heavy atom. The normalized spacial score (nSPS) is 31.6. The molecule has 1 aliphatic carbocycles. The fourth-order valence-electron chi connectivity index (χ4n) is 0.939. The van der Waals surface area contributed by atoms with Gasteiger partial charge in [-0.2, -0.15) is 0 Å². The molecule has 1 radical (unpaired) electrons. The van der Waals surface area contributed by atoms with E-state index in [4.69, 9.17) is 0 Å². The summed E-state index contributed by atoms with van der Waals surface area (Å²) in [6.45, 7) is 0. The number of hydrogen-bond donors (Lipinski definition) is 0. The predicted molar refractivity (Wildman–Crippen MR) is 30.4 cm³/mol. The van der Waals surface area contributed by atoms with Crippen LogP contribution in [0, 0.1) is 7.11 Å². The standard InChI is InChI=1S/C6H8F3O2/c1-10-4-2-5(3-4)11-6(7,8)9/h4-5H,1-3H2. The summed E-state index contributed by atoms with van der Waals surface area (Å²) in [6.07, 6.45) is -4.85. The molecule has 65 valence electrons. The second-order valence-electron chi connectivity index (χ2n) is 2.45. The zero-order chi connectivity index (χ0) is 8.48. The number of rotatable bonds is 2. The molecule has 0 aromatic carbocycles. The summed E-state index contributed by atoms with van der Waals surface area (Å²) >= 11 is 0. The van der Waals surface area contributed by atoms with Crippen LogP contribution in [-0.4, -0.2) is 18.6 Å². The van der Waals surface area contributed by atoms with E-state index >= 15 is 0 Å². The minimum absolute atomic E-state index is 0.164. The van der Waals surface area contributed by atoms with Crippen LogP contribution < -0.4 is 0 Å². The van der Waals surface area contributed by atoms with E-state index in [2.05, 4.69) is 16.6 Å². The highest BCUT2D eigenvalue weighted by Crippen LogP contribution is 2.31. The zero-order valence-corrected chi connectivity index (χ0v) is 5.73. The Hall–Kier alpha value is -0.290. The van der Waals surface area contributed by atoms with Crippen LogP contribution in [0.4, 0.5) is 13.2 Å². The van der Waals surface area contributed by atoms with Gasteiger partial charge in [0, 0.05) is 12.8 Å². The summed E-state index contributed by atoms with van der Waals surface area (Å²) in [5.74, 6) is 0. The molecule has 1 saturated carbocycles. The molecule has 0 aromatic rings. The van der Waals surface area contributed by atoms with Crippen molar-refractivity contribution in [2.24, 2.45) is 0 Å². The van der Waals surface area contributed by atoms with Crippen LogP contribution in [0.5, 0.6) is 0 Å². The van der Waals surface area contributed by atoms with Gasteiger partial charge in [0.25, 0.3) is 0 Å². The van der Waals surface area contributed by atoms with E-state index in [0.717, 1.165) is 0 Å². The molecule has 0 aliphatic heterocycles. The zero-order valence-electron chi connectivity index (χ0n) is 5.73. The third-order valence-corrected chi connectivity index (χ3v) is 1.59. The second-order valence-corrected chi connectivity index (χ2v) is 2.45. The monoisotopic (exact) mass is 169 g/mol. The lowest BCUT2D eigenvalue weighted by atomic mass is 9.92. The highest BCUT2D eigenvalue weighted by atomic mass is 19.4. The van der Waals surface area contributed by atoms with Crippen LogP contribution in [0.2, 0.25) is 0 Å². The third-order valence-electron chi connectivity index (χ3n) is 1.59. The van der Waals surface area contributed by atoms with Crippen molar-refractivity contribution >= 4 is 0 Å². The van der Waals surface area contributed by atoms with E-state index in [1.165, 1.54) is 0 Å². The number of alkyl halides is 3. The second kappa shape index (κ2) is 2.98. The molecular weight excluding hydrogens is 161 g/mol. The molecule has 0 saturated heterocycles. The highest BCUT2D eigenvalue weighted by Gasteiger charge is 2.40. The lowest BCUT2D eigenvalue weighted by molar-refractivity contribution is -0.356.